The lowest BCUT2D eigenvalue weighted by atomic mass is 10.3. The highest BCUT2D eigenvalue weighted by Gasteiger charge is 2.16. The van der Waals surface area contributed by atoms with Crippen LogP contribution < -0.4 is 0 Å². The van der Waals surface area contributed by atoms with E-state index in [0.717, 1.165) is 0 Å². The van der Waals surface area contributed by atoms with Crippen LogP contribution in [0.2, 0.25) is 0 Å². The third-order valence-electron chi connectivity index (χ3n) is 2.09. The van der Waals surface area contributed by atoms with Gasteiger partial charge in [0.1, 0.15) is 0 Å². The third-order valence-corrected chi connectivity index (χ3v) is 2.51. The first-order chi connectivity index (χ1) is 8.04. The number of halogens is 1. The van der Waals surface area contributed by atoms with Crippen LogP contribution in [0.5, 0.6) is 0 Å². The van der Waals surface area contributed by atoms with Gasteiger partial charge in [-0.3, -0.25) is 9.59 Å². The van der Waals surface area contributed by atoms with E-state index in [1.807, 2.05) is 0 Å². The standard InChI is InChI=1S/C11H14BrNO4/c1-3-16-10(14)6-7-13(2)11(15)8-4-5-9(12)17-8/h4-5H,3,6-7H2,1-2H3. The van der Waals surface area contributed by atoms with Crippen molar-refractivity contribution in [3.8, 4) is 0 Å². The maximum atomic E-state index is 11.8. The van der Waals surface area contributed by atoms with E-state index in [4.69, 9.17) is 9.15 Å². The van der Waals surface area contributed by atoms with E-state index in [1.54, 1.807) is 26.1 Å². The predicted molar refractivity (Wildman–Crippen MR) is 64.6 cm³/mol. The highest BCUT2D eigenvalue weighted by atomic mass is 79.9. The minimum atomic E-state index is -0.312. The van der Waals surface area contributed by atoms with Crippen LogP contribution in [0.1, 0.15) is 23.9 Å². The molecule has 0 N–H and O–H groups in total. The lowest BCUT2D eigenvalue weighted by Gasteiger charge is -2.14. The number of hydrogen-bond acceptors (Lipinski definition) is 4. The molecule has 0 fully saturated rings. The second-order valence-corrected chi connectivity index (χ2v) is 4.17. The fourth-order valence-corrected chi connectivity index (χ4v) is 1.52. The van der Waals surface area contributed by atoms with Gasteiger partial charge >= 0.3 is 5.97 Å². The number of furan rings is 1. The summed E-state index contributed by atoms with van der Waals surface area (Å²) in [7, 11) is 1.61. The molecule has 1 aromatic rings. The maximum Gasteiger partial charge on any atom is 0.307 e. The van der Waals surface area contributed by atoms with Gasteiger partial charge < -0.3 is 14.1 Å². The molecule has 0 saturated heterocycles. The Balaban J connectivity index is 2.45. The summed E-state index contributed by atoms with van der Waals surface area (Å²) in [5.74, 6) is -0.337. The van der Waals surface area contributed by atoms with Crippen LogP contribution in [-0.2, 0) is 9.53 Å². The van der Waals surface area contributed by atoms with Crippen molar-refractivity contribution >= 4 is 27.8 Å². The van der Waals surface area contributed by atoms with Crippen LogP contribution in [0.4, 0.5) is 0 Å². The Kier molecular flexibility index (Phi) is 5.21. The zero-order chi connectivity index (χ0) is 12.8. The van der Waals surface area contributed by atoms with Gasteiger partial charge in [0.15, 0.2) is 10.4 Å². The Hall–Kier alpha value is -1.30. The second kappa shape index (κ2) is 6.44. The molecular formula is C11H14BrNO4. The normalized spacial score (nSPS) is 10.1. The molecule has 94 valence electrons. The molecule has 0 atom stereocenters. The van der Waals surface area contributed by atoms with Gasteiger partial charge in [-0.15, -0.1) is 0 Å². The molecule has 6 heteroatoms. The molecule has 0 aliphatic carbocycles. The summed E-state index contributed by atoms with van der Waals surface area (Å²) in [4.78, 5) is 24.3. The Morgan fingerprint density at radius 1 is 1.47 bits per heavy atom. The van der Waals surface area contributed by atoms with Crippen molar-refractivity contribution in [2.75, 3.05) is 20.2 Å². The van der Waals surface area contributed by atoms with Crippen molar-refractivity contribution in [1.29, 1.82) is 0 Å². The average molecular weight is 304 g/mol. The zero-order valence-corrected chi connectivity index (χ0v) is 11.3. The lowest BCUT2D eigenvalue weighted by Crippen LogP contribution is -2.29. The van der Waals surface area contributed by atoms with Crippen LogP contribution in [0.25, 0.3) is 0 Å². The second-order valence-electron chi connectivity index (χ2n) is 3.39. The molecule has 5 nitrogen and oxygen atoms in total. The van der Waals surface area contributed by atoms with Crippen molar-refractivity contribution in [3.05, 3.63) is 22.6 Å². The highest BCUT2D eigenvalue weighted by molar-refractivity contribution is 9.10. The molecular weight excluding hydrogens is 290 g/mol. The van der Waals surface area contributed by atoms with Crippen LogP contribution in [0.3, 0.4) is 0 Å². The minimum absolute atomic E-state index is 0.179. The monoisotopic (exact) mass is 303 g/mol. The van der Waals surface area contributed by atoms with Crippen LogP contribution in [-0.4, -0.2) is 37.0 Å². The van der Waals surface area contributed by atoms with E-state index < -0.39 is 0 Å². The van der Waals surface area contributed by atoms with E-state index >= 15 is 0 Å². The molecule has 0 saturated carbocycles. The topological polar surface area (TPSA) is 59.8 Å². The van der Waals surface area contributed by atoms with Crippen LogP contribution in [0.15, 0.2) is 21.2 Å². The Bertz CT molecular complexity index is 402. The first kappa shape index (κ1) is 13.8. The number of carbonyl (C=O) groups is 2. The molecule has 0 aromatic carbocycles. The van der Waals surface area contributed by atoms with Gasteiger partial charge in [0.05, 0.1) is 13.0 Å². The lowest BCUT2D eigenvalue weighted by molar-refractivity contribution is -0.143. The molecule has 0 aliphatic rings. The maximum absolute atomic E-state index is 11.8. The number of ether oxygens (including phenoxy) is 1. The number of carbonyl (C=O) groups excluding carboxylic acids is 2. The first-order valence-corrected chi connectivity index (χ1v) is 6.00. The molecule has 0 spiro atoms. The van der Waals surface area contributed by atoms with Crippen molar-refractivity contribution in [3.63, 3.8) is 0 Å². The summed E-state index contributed by atoms with van der Waals surface area (Å²) < 4.78 is 10.4. The minimum Gasteiger partial charge on any atom is -0.466 e. The molecule has 1 rings (SSSR count). The third kappa shape index (κ3) is 4.22. The smallest absolute Gasteiger partial charge is 0.307 e. The van der Waals surface area contributed by atoms with Gasteiger partial charge in [-0.1, -0.05) is 0 Å². The summed E-state index contributed by atoms with van der Waals surface area (Å²) in [5.41, 5.74) is 0. The number of amides is 1. The molecule has 0 bridgehead atoms. The molecule has 0 aliphatic heterocycles. The van der Waals surface area contributed by atoms with Gasteiger partial charge in [-0.25, -0.2) is 0 Å². The quantitative estimate of drug-likeness (QED) is 0.781. The van der Waals surface area contributed by atoms with Gasteiger partial charge in [0.25, 0.3) is 5.91 Å². The summed E-state index contributed by atoms with van der Waals surface area (Å²) in [6.45, 7) is 2.39. The molecule has 1 heterocycles. The van der Waals surface area contributed by atoms with Crippen LogP contribution in [0, 0.1) is 0 Å². The zero-order valence-electron chi connectivity index (χ0n) is 9.73. The molecule has 0 unspecified atom stereocenters. The van der Waals surface area contributed by atoms with Gasteiger partial charge in [0, 0.05) is 13.6 Å². The first-order valence-electron chi connectivity index (χ1n) is 5.21. The SMILES string of the molecule is CCOC(=O)CCN(C)C(=O)c1ccc(Br)o1. The largest absolute Gasteiger partial charge is 0.466 e. The fourth-order valence-electron chi connectivity index (χ4n) is 1.21. The van der Waals surface area contributed by atoms with Gasteiger partial charge in [0.2, 0.25) is 0 Å². The Labute approximate surface area is 108 Å². The number of hydrogen-bond donors (Lipinski definition) is 0. The number of rotatable bonds is 5. The summed E-state index contributed by atoms with van der Waals surface area (Å²) >= 11 is 3.12. The van der Waals surface area contributed by atoms with E-state index in [-0.39, 0.29) is 24.1 Å². The Morgan fingerprint density at radius 3 is 2.71 bits per heavy atom. The van der Waals surface area contributed by atoms with Gasteiger partial charge in [-0.2, -0.15) is 0 Å². The van der Waals surface area contributed by atoms with Crippen LogP contribution >= 0.6 is 15.9 Å². The molecule has 17 heavy (non-hydrogen) atoms. The van der Waals surface area contributed by atoms with Crippen molar-refractivity contribution in [1.82, 2.24) is 4.90 Å². The number of nitrogens with zero attached hydrogens (tertiary/aromatic N) is 1. The average Bonchev–Trinajstić information content (AvgIpc) is 2.72. The van der Waals surface area contributed by atoms with E-state index in [2.05, 4.69) is 15.9 Å². The summed E-state index contributed by atoms with van der Waals surface area (Å²) in [5, 5.41) is 0. The van der Waals surface area contributed by atoms with E-state index in [9.17, 15) is 9.59 Å². The van der Waals surface area contributed by atoms with Crippen molar-refractivity contribution in [2.45, 2.75) is 13.3 Å². The molecule has 1 amide bonds. The molecule has 1 aromatic heterocycles. The molecule has 0 radical (unpaired) electrons. The van der Waals surface area contributed by atoms with Gasteiger partial charge in [-0.05, 0) is 35.0 Å². The Morgan fingerprint density at radius 2 is 2.18 bits per heavy atom. The number of esters is 1. The van der Waals surface area contributed by atoms with Crippen molar-refractivity contribution in [2.24, 2.45) is 0 Å². The van der Waals surface area contributed by atoms with E-state index in [1.165, 1.54) is 4.90 Å². The fraction of sp³-hybridized carbons (Fsp3) is 0.455. The highest BCUT2D eigenvalue weighted by Crippen LogP contribution is 2.15. The predicted octanol–water partition coefficient (Wildman–Crippen LogP) is 2.07. The summed E-state index contributed by atoms with van der Waals surface area (Å²) in [6.07, 6.45) is 0.179. The summed E-state index contributed by atoms with van der Waals surface area (Å²) in [6, 6.07) is 3.22. The van der Waals surface area contributed by atoms with E-state index in [0.29, 0.717) is 17.8 Å². The van der Waals surface area contributed by atoms with Crippen molar-refractivity contribution < 1.29 is 18.7 Å².